The Labute approximate surface area is 112 Å². The average molecular weight is 265 g/mol. The Morgan fingerprint density at radius 1 is 1.33 bits per heavy atom. The van der Waals surface area contributed by atoms with Gasteiger partial charge in [0.05, 0.1) is 11.9 Å². The molecule has 4 heteroatoms. The van der Waals surface area contributed by atoms with E-state index >= 15 is 0 Å². The summed E-state index contributed by atoms with van der Waals surface area (Å²) in [5.41, 5.74) is 6.41. The van der Waals surface area contributed by atoms with Crippen LogP contribution < -0.4 is 5.73 Å². The number of rotatable bonds is 5. The standard InChI is InChI=1S/C14H19NO2S/c15-14(16)10-18-13-6-4-11(5-7-13)9-12-3-1-2-8-17-12/h4-7,12H,1-3,8-10H2,(H2,15,16)/t12-/m1/s1. The van der Waals surface area contributed by atoms with Crippen molar-refractivity contribution in [3.63, 3.8) is 0 Å². The van der Waals surface area contributed by atoms with Gasteiger partial charge >= 0.3 is 0 Å². The van der Waals surface area contributed by atoms with Gasteiger partial charge in [-0.15, -0.1) is 11.8 Å². The van der Waals surface area contributed by atoms with Crippen molar-refractivity contribution in [2.45, 2.75) is 36.7 Å². The molecule has 1 amide bonds. The molecule has 2 N–H and O–H groups in total. The Kier molecular flexibility index (Phi) is 5.08. The molecule has 1 aliphatic rings. The van der Waals surface area contributed by atoms with Crippen molar-refractivity contribution in [3.8, 4) is 0 Å². The highest BCUT2D eigenvalue weighted by molar-refractivity contribution is 8.00. The molecule has 3 nitrogen and oxygen atoms in total. The van der Waals surface area contributed by atoms with Crippen LogP contribution in [0, 0.1) is 0 Å². The van der Waals surface area contributed by atoms with E-state index in [9.17, 15) is 4.79 Å². The van der Waals surface area contributed by atoms with Gasteiger partial charge in [-0.25, -0.2) is 0 Å². The topological polar surface area (TPSA) is 52.3 Å². The molecule has 0 radical (unpaired) electrons. The number of thioether (sulfide) groups is 1. The number of primary amides is 1. The fraction of sp³-hybridized carbons (Fsp3) is 0.500. The van der Waals surface area contributed by atoms with Gasteiger partial charge in [-0.1, -0.05) is 12.1 Å². The Balaban J connectivity index is 1.84. The monoisotopic (exact) mass is 265 g/mol. The molecule has 0 bridgehead atoms. The molecule has 0 spiro atoms. The van der Waals surface area contributed by atoms with E-state index in [1.807, 2.05) is 12.1 Å². The molecule has 1 fully saturated rings. The lowest BCUT2D eigenvalue weighted by molar-refractivity contribution is -0.115. The third kappa shape index (κ3) is 4.35. The predicted octanol–water partition coefficient (Wildman–Crippen LogP) is 2.38. The van der Waals surface area contributed by atoms with Crippen molar-refractivity contribution in [3.05, 3.63) is 29.8 Å². The number of nitrogens with two attached hydrogens (primary N) is 1. The molecule has 2 rings (SSSR count). The molecule has 98 valence electrons. The number of hydrogen-bond donors (Lipinski definition) is 1. The van der Waals surface area contributed by atoms with Gasteiger partial charge in [-0.3, -0.25) is 4.79 Å². The first-order chi connectivity index (χ1) is 8.74. The molecule has 1 aromatic rings. The van der Waals surface area contributed by atoms with Crippen molar-refractivity contribution >= 4 is 17.7 Å². The van der Waals surface area contributed by atoms with Gasteiger partial charge in [0.25, 0.3) is 0 Å². The average Bonchev–Trinajstić information content (AvgIpc) is 2.39. The molecule has 0 saturated carbocycles. The summed E-state index contributed by atoms with van der Waals surface area (Å²) in [6.45, 7) is 0.900. The van der Waals surface area contributed by atoms with Gasteiger partial charge < -0.3 is 10.5 Å². The first kappa shape index (κ1) is 13.4. The number of amides is 1. The lowest BCUT2D eigenvalue weighted by Crippen LogP contribution is -2.21. The third-order valence-electron chi connectivity index (χ3n) is 3.04. The maximum absolute atomic E-state index is 10.7. The summed E-state index contributed by atoms with van der Waals surface area (Å²) >= 11 is 1.48. The molecule has 1 aliphatic heterocycles. The quantitative estimate of drug-likeness (QED) is 0.832. The van der Waals surface area contributed by atoms with Crippen LogP contribution in [0.4, 0.5) is 0 Å². The van der Waals surface area contributed by atoms with Crippen LogP contribution in [-0.4, -0.2) is 24.4 Å². The summed E-state index contributed by atoms with van der Waals surface area (Å²) in [6, 6.07) is 8.32. The Morgan fingerprint density at radius 3 is 2.72 bits per heavy atom. The second-order valence-corrected chi connectivity index (χ2v) is 5.64. The molecular weight excluding hydrogens is 246 g/mol. The van der Waals surface area contributed by atoms with Crippen molar-refractivity contribution in [1.82, 2.24) is 0 Å². The number of hydrogen-bond acceptors (Lipinski definition) is 3. The van der Waals surface area contributed by atoms with Crippen molar-refractivity contribution in [2.75, 3.05) is 12.4 Å². The molecule has 0 aliphatic carbocycles. The van der Waals surface area contributed by atoms with Gasteiger partial charge in [0.15, 0.2) is 0 Å². The molecule has 1 heterocycles. The van der Waals surface area contributed by atoms with E-state index in [1.54, 1.807) is 0 Å². The van der Waals surface area contributed by atoms with Crippen LogP contribution in [0.1, 0.15) is 24.8 Å². The molecule has 0 unspecified atom stereocenters. The maximum Gasteiger partial charge on any atom is 0.227 e. The van der Waals surface area contributed by atoms with Crippen LogP contribution in [-0.2, 0) is 16.0 Å². The zero-order chi connectivity index (χ0) is 12.8. The largest absolute Gasteiger partial charge is 0.378 e. The normalized spacial score (nSPS) is 19.7. The second kappa shape index (κ2) is 6.81. The van der Waals surface area contributed by atoms with Crippen molar-refractivity contribution < 1.29 is 9.53 Å². The predicted molar refractivity (Wildman–Crippen MR) is 73.7 cm³/mol. The molecule has 1 aromatic carbocycles. The summed E-state index contributed by atoms with van der Waals surface area (Å²) in [6.07, 6.45) is 5.00. The first-order valence-corrected chi connectivity index (χ1v) is 7.34. The zero-order valence-electron chi connectivity index (χ0n) is 10.4. The van der Waals surface area contributed by atoms with Crippen LogP contribution in [0.3, 0.4) is 0 Å². The van der Waals surface area contributed by atoms with Crippen molar-refractivity contribution in [2.24, 2.45) is 5.73 Å². The summed E-state index contributed by atoms with van der Waals surface area (Å²) < 4.78 is 5.72. The van der Waals surface area contributed by atoms with E-state index in [-0.39, 0.29) is 5.91 Å². The van der Waals surface area contributed by atoms with Crippen LogP contribution in [0.2, 0.25) is 0 Å². The van der Waals surface area contributed by atoms with E-state index in [0.717, 1.165) is 24.3 Å². The van der Waals surface area contributed by atoms with Gasteiger partial charge in [0.2, 0.25) is 5.91 Å². The summed E-state index contributed by atoms with van der Waals surface area (Å²) in [7, 11) is 0. The Morgan fingerprint density at radius 2 is 2.11 bits per heavy atom. The molecular formula is C14H19NO2S. The van der Waals surface area contributed by atoms with E-state index in [1.165, 1.54) is 30.2 Å². The van der Waals surface area contributed by atoms with E-state index in [0.29, 0.717) is 11.9 Å². The first-order valence-electron chi connectivity index (χ1n) is 6.35. The summed E-state index contributed by atoms with van der Waals surface area (Å²) in [5, 5.41) is 0. The van der Waals surface area contributed by atoms with Crippen LogP contribution in [0.5, 0.6) is 0 Å². The third-order valence-corrected chi connectivity index (χ3v) is 4.08. The zero-order valence-corrected chi connectivity index (χ0v) is 11.2. The fourth-order valence-corrected chi connectivity index (χ4v) is 2.74. The Bertz CT molecular complexity index is 385. The highest BCUT2D eigenvalue weighted by Crippen LogP contribution is 2.21. The molecule has 0 aromatic heterocycles. The number of carbonyl (C=O) groups excluding carboxylic acids is 1. The number of benzene rings is 1. The Hall–Kier alpha value is -1.00. The minimum Gasteiger partial charge on any atom is -0.378 e. The van der Waals surface area contributed by atoms with Crippen LogP contribution >= 0.6 is 11.8 Å². The highest BCUT2D eigenvalue weighted by atomic mass is 32.2. The molecule has 18 heavy (non-hydrogen) atoms. The van der Waals surface area contributed by atoms with E-state index in [4.69, 9.17) is 10.5 Å². The smallest absolute Gasteiger partial charge is 0.227 e. The second-order valence-electron chi connectivity index (χ2n) is 4.59. The van der Waals surface area contributed by atoms with Gasteiger partial charge in [-0.2, -0.15) is 0 Å². The van der Waals surface area contributed by atoms with Gasteiger partial charge in [-0.05, 0) is 43.4 Å². The number of ether oxygens (including phenoxy) is 1. The van der Waals surface area contributed by atoms with Crippen molar-refractivity contribution in [1.29, 1.82) is 0 Å². The van der Waals surface area contributed by atoms with Gasteiger partial charge in [0.1, 0.15) is 0 Å². The highest BCUT2D eigenvalue weighted by Gasteiger charge is 2.14. The van der Waals surface area contributed by atoms with E-state index in [2.05, 4.69) is 12.1 Å². The van der Waals surface area contributed by atoms with Gasteiger partial charge in [0, 0.05) is 11.5 Å². The van der Waals surface area contributed by atoms with Crippen LogP contribution in [0.15, 0.2) is 29.2 Å². The number of carbonyl (C=O) groups is 1. The lowest BCUT2D eigenvalue weighted by atomic mass is 10.0. The SMILES string of the molecule is NC(=O)CSc1ccc(C[C@H]2CCCCO2)cc1. The molecule has 1 atom stereocenters. The minimum atomic E-state index is -0.278. The van der Waals surface area contributed by atoms with E-state index < -0.39 is 0 Å². The lowest BCUT2D eigenvalue weighted by Gasteiger charge is -2.22. The van der Waals surface area contributed by atoms with Crippen LogP contribution in [0.25, 0.3) is 0 Å². The summed E-state index contributed by atoms with van der Waals surface area (Å²) in [4.78, 5) is 11.8. The summed E-state index contributed by atoms with van der Waals surface area (Å²) in [5.74, 6) is 0.0603. The fourth-order valence-electron chi connectivity index (χ4n) is 2.11. The maximum atomic E-state index is 10.7. The molecule has 1 saturated heterocycles. The minimum absolute atomic E-state index is 0.278.